The summed E-state index contributed by atoms with van der Waals surface area (Å²) in [6.07, 6.45) is 8.60. The van der Waals surface area contributed by atoms with Crippen LogP contribution in [0.15, 0.2) is 109 Å². The highest BCUT2D eigenvalue weighted by atomic mass is 127. The van der Waals surface area contributed by atoms with Crippen molar-refractivity contribution >= 4 is 108 Å². The average molecular weight is 997 g/mol. The maximum atomic E-state index is 11.8. The van der Waals surface area contributed by atoms with Crippen molar-refractivity contribution in [3.05, 3.63) is 161 Å². The second-order valence-corrected chi connectivity index (χ2v) is 18.4. The molecule has 284 valence electrons. The molecule has 0 saturated heterocycles. The molecule has 58 heavy (non-hydrogen) atoms. The van der Waals surface area contributed by atoms with Crippen molar-refractivity contribution < 1.29 is 4.79 Å². The van der Waals surface area contributed by atoms with Crippen molar-refractivity contribution in [2.24, 2.45) is 0 Å². The largest absolute Gasteiger partial charge is 0.354 e. The van der Waals surface area contributed by atoms with Gasteiger partial charge in [0, 0.05) is 64.1 Å². The Morgan fingerprint density at radius 2 is 0.983 bits per heavy atom. The van der Waals surface area contributed by atoms with E-state index in [-0.39, 0.29) is 5.12 Å². The first-order valence-corrected chi connectivity index (χ1v) is 22.2. The highest BCUT2D eigenvalue weighted by molar-refractivity contribution is 14.1. The van der Waals surface area contributed by atoms with E-state index in [1.165, 1.54) is 28.5 Å². The van der Waals surface area contributed by atoms with Gasteiger partial charge in [0.25, 0.3) is 0 Å². The van der Waals surface area contributed by atoms with E-state index < -0.39 is 0 Å². The van der Waals surface area contributed by atoms with Crippen LogP contribution >= 0.6 is 56.9 Å². The molecular weight excluding hydrogens is 958 g/mol. The minimum absolute atomic E-state index is 0.112. The van der Waals surface area contributed by atoms with Crippen LogP contribution in [0.25, 0.3) is 90.9 Å². The van der Waals surface area contributed by atoms with Crippen LogP contribution in [0, 0.1) is 27.9 Å². The zero-order valence-corrected chi connectivity index (χ0v) is 37.5. The number of fused-ring (bicyclic) bond motifs is 8. The van der Waals surface area contributed by atoms with Gasteiger partial charge in [0.15, 0.2) is 5.12 Å². The molecule has 0 aliphatic carbocycles. The summed E-state index contributed by atoms with van der Waals surface area (Å²) in [4.78, 5) is 30.5. The second kappa shape index (κ2) is 16.0. The van der Waals surface area contributed by atoms with E-state index in [2.05, 4.69) is 209 Å². The number of carbonyl (C=O) groups excluding carboxylic acids is 1. The van der Waals surface area contributed by atoms with Crippen LogP contribution in [-0.2, 0) is 10.5 Å². The van der Waals surface area contributed by atoms with Crippen LogP contribution in [0.4, 0.5) is 0 Å². The molecule has 8 heteroatoms. The van der Waals surface area contributed by atoms with Crippen molar-refractivity contribution in [1.82, 2.24) is 19.9 Å². The third-order valence-corrected chi connectivity index (χ3v) is 12.8. The summed E-state index contributed by atoms with van der Waals surface area (Å²) in [6, 6.07) is 38.9. The predicted octanol–water partition coefficient (Wildman–Crippen LogP) is 14.2. The van der Waals surface area contributed by atoms with Gasteiger partial charge >= 0.3 is 0 Å². The molecule has 5 nitrogen and oxygen atoms in total. The number of carbonyl (C=O) groups is 1. The van der Waals surface area contributed by atoms with Crippen LogP contribution in [0.3, 0.4) is 0 Å². The molecule has 0 fully saturated rings. The Morgan fingerprint density at radius 3 is 1.43 bits per heavy atom. The molecule has 8 bridgehead atoms. The Bertz CT molecular complexity index is 2880. The molecule has 2 N–H and O–H groups in total. The maximum absolute atomic E-state index is 11.8. The number of rotatable bonds is 6. The minimum atomic E-state index is 0.112. The first-order valence-electron chi connectivity index (χ1n) is 19.1. The fourth-order valence-corrected chi connectivity index (χ4v) is 9.84. The molecule has 0 saturated carbocycles. The van der Waals surface area contributed by atoms with Gasteiger partial charge in [0.1, 0.15) is 0 Å². The number of aromatic nitrogens is 4. The lowest BCUT2D eigenvalue weighted by molar-refractivity contribution is -0.109. The van der Waals surface area contributed by atoms with Crippen molar-refractivity contribution in [3.63, 3.8) is 0 Å². The third kappa shape index (κ3) is 7.53. The van der Waals surface area contributed by atoms with Gasteiger partial charge in [-0.05, 0) is 178 Å². The number of benzene rings is 4. The van der Waals surface area contributed by atoms with Crippen LogP contribution in [0.2, 0.25) is 0 Å². The Hall–Kier alpha value is -5.04. The van der Waals surface area contributed by atoms with E-state index in [1.54, 1.807) is 6.92 Å². The lowest BCUT2D eigenvalue weighted by Crippen LogP contribution is -1.96. The molecule has 0 radical (unpaired) electrons. The Kier molecular flexibility index (Phi) is 10.6. The summed E-state index contributed by atoms with van der Waals surface area (Å²) in [5.74, 6) is 0.637. The highest BCUT2D eigenvalue weighted by Gasteiger charge is 2.22. The van der Waals surface area contributed by atoms with E-state index in [4.69, 9.17) is 9.97 Å². The van der Waals surface area contributed by atoms with Gasteiger partial charge in [-0.2, -0.15) is 0 Å². The number of H-pyrrole nitrogens is 2. The number of thioether (sulfide) groups is 1. The Balaban J connectivity index is 1.44. The average Bonchev–Trinajstić information content (AvgIpc) is 4.03. The van der Waals surface area contributed by atoms with Crippen molar-refractivity contribution in [1.29, 1.82) is 0 Å². The quantitative estimate of drug-likeness (QED) is 0.163. The Labute approximate surface area is 369 Å². The van der Waals surface area contributed by atoms with Crippen LogP contribution in [0.5, 0.6) is 0 Å². The summed E-state index contributed by atoms with van der Waals surface area (Å²) >= 11 is 6.10. The number of hydrogen-bond acceptors (Lipinski definition) is 4. The summed E-state index contributed by atoms with van der Waals surface area (Å²) in [5, 5.41) is 0.112. The molecule has 2 aliphatic heterocycles. The van der Waals surface area contributed by atoms with E-state index in [9.17, 15) is 4.79 Å². The fraction of sp³-hybridized carbons (Fsp3) is 0.100. The molecule has 5 heterocycles. The standard InChI is InChI=1S/C50H38I2N4OS/c1-28-23-29(2)46(30(3)24-28)50-44-21-19-42(55-44)48(34-7-5-9-36(51)25-34)40-17-15-38(53-40)47(33-13-11-32(12-14-33)27-58-31(4)57)39-16-18-41(54-39)49(43-20-22-45(50)56-43)35-8-6-10-37(52)26-35/h5-26,53-54H,27H2,1-4H3. The van der Waals surface area contributed by atoms with Gasteiger partial charge in [0.2, 0.25) is 0 Å². The summed E-state index contributed by atoms with van der Waals surface area (Å²) < 4.78 is 2.30. The molecule has 0 atom stereocenters. The fourth-order valence-electron chi connectivity index (χ4n) is 8.20. The van der Waals surface area contributed by atoms with Gasteiger partial charge in [-0.15, -0.1) is 0 Å². The third-order valence-electron chi connectivity index (χ3n) is 10.6. The minimum Gasteiger partial charge on any atom is -0.354 e. The van der Waals surface area contributed by atoms with Crippen LogP contribution in [-0.4, -0.2) is 25.1 Å². The van der Waals surface area contributed by atoms with Crippen molar-refractivity contribution in [2.75, 3.05) is 0 Å². The van der Waals surface area contributed by atoms with E-state index in [1.807, 2.05) is 0 Å². The second-order valence-electron chi connectivity index (χ2n) is 14.8. The lowest BCUT2D eigenvalue weighted by atomic mass is 9.92. The highest BCUT2D eigenvalue weighted by Crippen LogP contribution is 2.40. The smallest absolute Gasteiger partial charge is 0.186 e. The molecule has 0 amide bonds. The molecule has 4 aromatic carbocycles. The number of nitrogens with one attached hydrogen (secondary N) is 2. The zero-order chi connectivity index (χ0) is 40.1. The lowest BCUT2D eigenvalue weighted by Gasteiger charge is -2.13. The van der Waals surface area contributed by atoms with Crippen LogP contribution in [0.1, 0.15) is 52.0 Å². The molecule has 9 rings (SSSR count). The monoisotopic (exact) mass is 996 g/mol. The van der Waals surface area contributed by atoms with E-state index >= 15 is 0 Å². The predicted molar refractivity (Wildman–Crippen MR) is 262 cm³/mol. The summed E-state index contributed by atoms with van der Waals surface area (Å²) in [5.41, 5.74) is 20.6. The maximum Gasteiger partial charge on any atom is 0.186 e. The first-order chi connectivity index (χ1) is 28.1. The molecule has 3 aromatic heterocycles. The number of nitrogens with zero attached hydrogens (tertiary/aromatic N) is 2. The normalized spacial score (nSPS) is 12.0. The van der Waals surface area contributed by atoms with Gasteiger partial charge in [-0.3, -0.25) is 4.79 Å². The number of aromatic amines is 2. The zero-order valence-electron chi connectivity index (χ0n) is 32.4. The van der Waals surface area contributed by atoms with Gasteiger partial charge in [0.05, 0.1) is 22.8 Å². The van der Waals surface area contributed by atoms with Gasteiger partial charge in [-0.1, -0.05) is 78.0 Å². The van der Waals surface area contributed by atoms with Crippen LogP contribution < -0.4 is 0 Å². The van der Waals surface area contributed by atoms with Crippen molar-refractivity contribution in [2.45, 2.75) is 33.4 Å². The molecular formula is C50H38I2N4OS. The molecule has 0 spiro atoms. The number of halogens is 2. The summed E-state index contributed by atoms with van der Waals surface area (Å²) in [6.45, 7) is 8.15. The van der Waals surface area contributed by atoms with Gasteiger partial charge < -0.3 is 9.97 Å². The summed E-state index contributed by atoms with van der Waals surface area (Å²) in [7, 11) is 0. The Morgan fingerprint density at radius 1 is 0.534 bits per heavy atom. The molecule has 7 aromatic rings. The van der Waals surface area contributed by atoms with Crippen molar-refractivity contribution in [3.8, 4) is 44.5 Å². The molecule has 0 unspecified atom stereocenters. The van der Waals surface area contributed by atoms with E-state index in [0.29, 0.717) is 5.75 Å². The van der Waals surface area contributed by atoms with E-state index in [0.717, 1.165) is 102 Å². The van der Waals surface area contributed by atoms with Gasteiger partial charge in [-0.25, -0.2) is 9.97 Å². The number of hydrogen-bond donors (Lipinski definition) is 2. The number of aryl methyl sites for hydroxylation is 3. The topological polar surface area (TPSA) is 74.4 Å². The first kappa shape index (κ1) is 38.5. The SMILES string of the molecule is CC(=O)SCc1ccc(-c2c3ccc([nH]3)c(-c3cccc(I)c3)c3nc(c(-c4c(C)cc(C)cc4C)c4nc(c(-c5cccc(I)c5)c5ccc2[nH]5)C=C4)C=C3)cc1. The molecule has 2 aliphatic rings.